The van der Waals surface area contributed by atoms with Crippen LogP contribution in [0.2, 0.25) is 0 Å². The van der Waals surface area contributed by atoms with Gasteiger partial charge in [0.05, 0.1) is 11.4 Å². The van der Waals surface area contributed by atoms with Crippen LogP contribution < -0.4 is 5.32 Å². The van der Waals surface area contributed by atoms with Crippen LogP contribution in [0.5, 0.6) is 0 Å². The summed E-state index contributed by atoms with van der Waals surface area (Å²) in [7, 11) is 0. The summed E-state index contributed by atoms with van der Waals surface area (Å²) >= 11 is 0. The van der Waals surface area contributed by atoms with Gasteiger partial charge in [0, 0.05) is 58.6 Å². The van der Waals surface area contributed by atoms with Gasteiger partial charge in [0.2, 0.25) is 0 Å². The van der Waals surface area contributed by atoms with E-state index in [2.05, 4.69) is 16.4 Å². The second-order valence-electron chi connectivity index (χ2n) is 8.38. The Bertz CT molecular complexity index is 1570. The number of imidazole rings is 1. The van der Waals surface area contributed by atoms with Gasteiger partial charge in [-0.25, -0.2) is 13.8 Å². The summed E-state index contributed by atoms with van der Waals surface area (Å²) in [6, 6.07) is 15.8. The van der Waals surface area contributed by atoms with Gasteiger partial charge in [0.15, 0.2) is 5.65 Å². The smallest absolute Gasteiger partial charge is 0.156 e. The molecule has 1 aliphatic rings. The monoisotopic (exact) mass is 439 g/mol. The molecule has 33 heavy (non-hydrogen) atoms. The van der Waals surface area contributed by atoms with E-state index in [0.29, 0.717) is 23.8 Å². The molecule has 5 nitrogen and oxygen atoms in total. The average Bonchev–Trinajstić information content (AvgIpc) is 3.39. The molecular formula is C26H19F2N5. The van der Waals surface area contributed by atoms with Crippen LogP contribution in [-0.2, 0) is 6.54 Å². The Balaban J connectivity index is 1.64. The molecule has 0 spiro atoms. The molecule has 3 heterocycles. The first kappa shape index (κ1) is 19.6. The molecule has 0 saturated heterocycles. The number of fused-ring (bicyclic) bond motifs is 2. The zero-order chi connectivity index (χ0) is 22.5. The minimum Gasteiger partial charge on any atom is -0.360 e. The van der Waals surface area contributed by atoms with Crippen molar-refractivity contribution >= 4 is 16.6 Å². The lowest BCUT2D eigenvalue weighted by atomic mass is 9.98. The lowest BCUT2D eigenvalue weighted by Gasteiger charge is -2.12. The highest BCUT2D eigenvalue weighted by Crippen LogP contribution is 2.36. The third-order valence-electron chi connectivity index (χ3n) is 6.14. The first-order chi connectivity index (χ1) is 16.1. The lowest BCUT2D eigenvalue weighted by molar-refractivity contribution is 0.585. The molecule has 0 amide bonds. The van der Waals surface area contributed by atoms with E-state index < -0.39 is 11.6 Å². The zero-order valence-corrected chi connectivity index (χ0v) is 17.6. The van der Waals surface area contributed by atoms with Gasteiger partial charge in [-0.3, -0.25) is 4.40 Å². The van der Waals surface area contributed by atoms with Crippen LogP contribution in [0.4, 0.5) is 8.78 Å². The minimum absolute atomic E-state index is 0.164. The number of nitrogens with one attached hydrogen (secondary N) is 2. The normalized spacial score (nSPS) is 13.6. The van der Waals surface area contributed by atoms with E-state index >= 15 is 0 Å². The van der Waals surface area contributed by atoms with Gasteiger partial charge in [-0.15, -0.1) is 0 Å². The largest absolute Gasteiger partial charge is 0.360 e. The third-order valence-corrected chi connectivity index (χ3v) is 6.14. The Labute approximate surface area is 188 Å². The topological polar surface area (TPSA) is 68.9 Å². The van der Waals surface area contributed by atoms with Crippen molar-refractivity contribution in [1.29, 1.82) is 5.26 Å². The Hall–Kier alpha value is -4.02. The van der Waals surface area contributed by atoms with E-state index in [0.717, 1.165) is 46.8 Å². The zero-order valence-electron chi connectivity index (χ0n) is 17.6. The van der Waals surface area contributed by atoms with Crippen LogP contribution in [-0.4, -0.2) is 20.4 Å². The highest BCUT2D eigenvalue weighted by Gasteiger charge is 2.23. The van der Waals surface area contributed by atoms with Crippen molar-refractivity contribution in [2.24, 2.45) is 0 Å². The molecule has 1 aliphatic carbocycles. The molecule has 2 aromatic carbocycles. The lowest BCUT2D eigenvalue weighted by Crippen LogP contribution is -2.15. The highest BCUT2D eigenvalue weighted by molar-refractivity contribution is 5.96. The minimum atomic E-state index is -0.720. The number of hydrogen-bond acceptors (Lipinski definition) is 3. The van der Waals surface area contributed by atoms with E-state index in [9.17, 15) is 14.0 Å². The van der Waals surface area contributed by atoms with Crippen LogP contribution in [0.25, 0.3) is 38.9 Å². The average molecular weight is 439 g/mol. The molecular weight excluding hydrogens is 420 g/mol. The maximum atomic E-state index is 14.8. The van der Waals surface area contributed by atoms with E-state index in [4.69, 9.17) is 4.98 Å². The van der Waals surface area contributed by atoms with Gasteiger partial charge in [-0.2, -0.15) is 5.26 Å². The SMILES string of the molecule is N#Cc1c(-c2ccc(F)cc2F)cc(-c2c[nH]c3ccccc23)n2cc(CNC3CC3)nc12. The molecule has 162 valence electrons. The van der Waals surface area contributed by atoms with Crippen molar-refractivity contribution in [1.82, 2.24) is 19.7 Å². The number of benzene rings is 2. The number of H-pyrrole nitrogens is 1. The second kappa shape index (κ2) is 7.54. The molecule has 0 aliphatic heterocycles. The Morgan fingerprint density at radius 1 is 1.09 bits per heavy atom. The van der Waals surface area contributed by atoms with E-state index in [1.807, 2.05) is 41.1 Å². The van der Waals surface area contributed by atoms with Crippen molar-refractivity contribution < 1.29 is 8.78 Å². The Morgan fingerprint density at radius 2 is 1.94 bits per heavy atom. The molecule has 0 bridgehead atoms. The van der Waals surface area contributed by atoms with E-state index in [1.54, 1.807) is 6.07 Å². The summed E-state index contributed by atoms with van der Waals surface area (Å²) in [5.41, 5.74) is 4.69. The number of aromatic nitrogens is 3. The summed E-state index contributed by atoms with van der Waals surface area (Å²) in [6.45, 7) is 0.588. The molecule has 5 aromatic rings. The van der Waals surface area contributed by atoms with Gasteiger partial charge in [0.25, 0.3) is 0 Å². The first-order valence-electron chi connectivity index (χ1n) is 10.8. The molecule has 1 fully saturated rings. The third kappa shape index (κ3) is 3.36. The molecule has 7 heteroatoms. The van der Waals surface area contributed by atoms with Gasteiger partial charge in [0.1, 0.15) is 23.3 Å². The summed E-state index contributed by atoms with van der Waals surface area (Å²) in [4.78, 5) is 8.02. The van der Waals surface area contributed by atoms with Gasteiger partial charge < -0.3 is 10.3 Å². The summed E-state index contributed by atoms with van der Waals surface area (Å²) < 4.78 is 30.3. The summed E-state index contributed by atoms with van der Waals surface area (Å²) in [5, 5.41) is 14.5. The van der Waals surface area contributed by atoms with Crippen molar-refractivity contribution in [2.45, 2.75) is 25.4 Å². The van der Waals surface area contributed by atoms with Gasteiger partial charge in [-0.05, 0) is 37.1 Å². The van der Waals surface area contributed by atoms with Gasteiger partial charge >= 0.3 is 0 Å². The number of nitrogens with zero attached hydrogens (tertiary/aromatic N) is 3. The van der Waals surface area contributed by atoms with E-state index in [-0.39, 0.29) is 11.1 Å². The fourth-order valence-corrected chi connectivity index (χ4v) is 4.33. The van der Waals surface area contributed by atoms with Crippen LogP contribution in [0.15, 0.2) is 60.9 Å². The van der Waals surface area contributed by atoms with Crippen LogP contribution in [0, 0.1) is 23.0 Å². The van der Waals surface area contributed by atoms with Gasteiger partial charge in [-0.1, -0.05) is 18.2 Å². The summed E-state index contributed by atoms with van der Waals surface area (Å²) in [5.74, 6) is -1.38. The number of para-hydroxylation sites is 1. The molecule has 0 unspecified atom stereocenters. The predicted molar refractivity (Wildman–Crippen MR) is 122 cm³/mol. The van der Waals surface area contributed by atoms with Crippen molar-refractivity contribution in [3.05, 3.63) is 83.8 Å². The number of aromatic amines is 1. The summed E-state index contributed by atoms with van der Waals surface area (Å²) in [6.07, 6.45) is 6.14. The fourth-order valence-electron chi connectivity index (χ4n) is 4.33. The number of hydrogen-bond donors (Lipinski definition) is 2. The molecule has 1 saturated carbocycles. The van der Waals surface area contributed by atoms with Crippen LogP contribution in [0.1, 0.15) is 24.1 Å². The maximum absolute atomic E-state index is 14.8. The predicted octanol–water partition coefficient (Wildman–Crippen LogP) is 5.55. The maximum Gasteiger partial charge on any atom is 0.156 e. The molecule has 2 N–H and O–H groups in total. The number of nitriles is 1. The second-order valence-corrected chi connectivity index (χ2v) is 8.38. The Kier molecular flexibility index (Phi) is 4.49. The van der Waals surface area contributed by atoms with Crippen LogP contribution in [0.3, 0.4) is 0 Å². The Morgan fingerprint density at radius 3 is 2.73 bits per heavy atom. The molecule has 6 rings (SSSR count). The number of halogens is 2. The van der Waals surface area contributed by atoms with Crippen molar-refractivity contribution in [2.75, 3.05) is 0 Å². The standard InChI is InChI=1S/C26H19F2N5/c27-15-5-8-18(23(28)9-15)20-10-25(22-13-31-24-4-2-1-3-19(22)24)33-14-17(12-30-16-6-7-16)32-26(33)21(20)11-29/h1-5,8-10,13-14,16,30-31H,6-7,12H2. The van der Waals surface area contributed by atoms with Crippen molar-refractivity contribution in [3.63, 3.8) is 0 Å². The molecule has 0 atom stereocenters. The van der Waals surface area contributed by atoms with Crippen molar-refractivity contribution in [3.8, 4) is 28.5 Å². The first-order valence-corrected chi connectivity index (χ1v) is 10.8. The number of rotatable bonds is 5. The molecule has 3 aromatic heterocycles. The highest BCUT2D eigenvalue weighted by atomic mass is 19.1. The van der Waals surface area contributed by atoms with E-state index in [1.165, 1.54) is 12.1 Å². The number of pyridine rings is 1. The van der Waals surface area contributed by atoms with Crippen LogP contribution >= 0.6 is 0 Å². The molecule has 0 radical (unpaired) electrons. The fraction of sp³-hybridized carbons (Fsp3) is 0.154. The quantitative estimate of drug-likeness (QED) is 0.377.